The molecule has 2 heterocycles. The van der Waals surface area contributed by atoms with Gasteiger partial charge in [0.15, 0.2) is 5.60 Å². The molecule has 10 heteroatoms. The van der Waals surface area contributed by atoms with Crippen LogP contribution in [0.25, 0.3) is 0 Å². The summed E-state index contributed by atoms with van der Waals surface area (Å²) < 4.78 is 5.77. The van der Waals surface area contributed by atoms with Crippen molar-refractivity contribution in [2.75, 3.05) is 33.2 Å². The summed E-state index contributed by atoms with van der Waals surface area (Å²) in [6.07, 6.45) is 3.29. The lowest BCUT2D eigenvalue weighted by Crippen LogP contribution is -2.42. The van der Waals surface area contributed by atoms with Crippen molar-refractivity contribution >= 4 is 17.9 Å². The van der Waals surface area contributed by atoms with E-state index in [1.54, 1.807) is 0 Å². The van der Waals surface area contributed by atoms with Crippen molar-refractivity contribution in [3.05, 3.63) is 29.3 Å². The van der Waals surface area contributed by atoms with Crippen molar-refractivity contribution in [1.82, 2.24) is 9.80 Å². The third kappa shape index (κ3) is 8.92. The Morgan fingerprint density at radius 1 is 1.09 bits per heavy atom. The Morgan fingerprint density at radius 2 is 1.71 bits per heavy atom. The maximum atomic E-state index is 10.3. The average Bonchev–Trinajstić information content (AvgIpc) is 3.11. The highest BCUT2D eigenvalue weighted by molar-refractivity contribution is 5.88. The van der Waals surface area contributed by atoms with Gasteiger partial charge in [0.2, 0.25) is 0 Å². The van der Waals surface area contributed by atoms with Crippen LogP contribution >= 0.6 is 0 Å². The summed E-state index contributed by atoms with van der Waals surface area (Å²) in [5.41, 5.74) is 0.0505. The molecule has 1 aromatic rings. The number of piperidine rings is 1. The molecular weight excluding hydrogens is 444 g/mol. The van der Waals surface area contributed by atoms with Crippen LogP contribution < -0.4 is 4.74 Å². The van der Waals surface area contributed by atoms with Gasteiger partial charge >= 0.3 is 17.9 Å². The van der Waals surface area contributed by atoms with Crippen molar-refractivity contribution < 1.29 is 39.5 Å². The molecule has 0 spiro atoms. The summed E-state index contributed by atoms with van der Waals surface area (Å²) in [7, 11) is 2.23. The maximum Gasteiger partial charge on any atom is 0.336 e. The van der Waals surface area contributed by atoms with Crippen molar-refractivity contribution in [2.24, 2.45) is 0 Å². The molecule has 0 amide bonds. The van der Waals surface area contributed by atoms with Crippen molar-refractivity contribution in [1.29, 1.82) is 0 Å². The molecule has 2 aliphatic heterocycles. The molecule has 0 radical (unpaired) electrons. The topological polar surface area (TPSA) is 148 Å². The molecule has 0 saturated carbocycles. The first-order chi connectivity index (χ1) is 16.0. The van der Waals surface area contributed by atoms with E-state index in [9.17, 15) is 14.4 Å². The van der Waals surface area contributed by atoms with Gasteiger partial charge in [-0.1, -0.05) is 18.6 Å². The fourth-order valence-electron chi connectivity index (χ4n) is 4.17. The number of likely N-dealkylation sites (N-methyl/N-ethyl adjacent to an activating group) is 1. The summed E-state index contributed by atoms with van der Waals surface area (Å²) in [6.45, 7) is 8.13. The van der Waals surface area contributed by atoms with Crippen LogP contribution in [0.1, 0.15) is 50.2 Å². The molecule has 0 bridgehead atoms. The Kier molecular flexibility index (Phi) is 10.3. The van der Waals surface area contributed by atoms with Crippen LogP contribution in [0.2, 0.25) is 0 Å². The van der Waals surface area contributed by atoms with Gasteiger partial charge in [0.05, 0.1) is 12.8 Å². The number of ether oxygens (including phenoxy) is 1. The summed E-state index contributed by atoms with van der Waals surface area (Å²) in [5, 5.41) is 33.8. The standard InChI is InChI=1S/C18H28N2O.C6H8O7/c1-15-12-17-13-16(6-7-18(17)21-15)14-19(2)10-11-20-8-4-3-5-9-20;7-3(8)1-6(13,5(11)12)2-4(9)10/h6-7,13,15H,3-5,8-12,14H2,1-2H3;13H,1-2H2,(H,7,8)(H,9,10)(H,11,12). The molecule has 1 atom stereocenters. The first kappa shape index (κ1) is 27.6. The molecule has 3 rings (SSSR count). The molecule has 4 N–H and O–H groups in total. The summed E-state index contributed by atoms with van der Waals surface area (Å²) in [4.78, 5) is 35.5. The third-order valence-electron chi connectivity index (χ3n) is 5.94. The van der Waals surface area contributed by atoms with Crippen LogP contribution in [0.4, 0.5) is 0 Å². The number of rotatable bonds is 10. The molecule has 10 nitrogen and oxygen atoms in total. The number of nitrogens with zero attached hydrogens (tertiary/aromatic N) is 2. The zero-order valence-corrected chi connectivity index (χ0v) is 19.9. The van der Waals surface area contributed by atoms with Crippen LogP contribution in [0.5, 0.6) is 5.75 Å². The number of benzene rings is 1. The van der Waals surface area contributed by atoms with E-state index in [1.165, 1.54) is 50.0 Å². The molecule has 34 heavy (non-hydrogen) atoms. The average molecular weight is 481 g/mol. The minimum atomic E-state index is -2.74. The first-order valence-electron chi connectivity index (χ1n) is 11.6. The molecule has 1 aromatic carbocycles. The lowest BCUT2D eigenvalue weighted by atomic mass is 9.96. The SMILES string of the molecule is CC1Cc2cc(CN(C)CCN3CCCCC3)ccc2O1.O=C(O)CC(O)(CC(=O)O)C(=O)O. The zero-order chi connectivity index (χ0) is 25.3. The molecule has 190 valence electrons. The largest absolute Gasteiger partial charge is 0.490 e. The second kappa shape index (κ2) is 12.7. The summed E-state index contributed by atoms with van der Waals surface area (Å²) in [5.74, 6) is -3.93. The molecule has 1 unspecified atom stereocenters. The van der Waals surface area contributed by atoms with E-state index in [-0.39, 0.29) is 0 Å². The number of hydrogen-bond acceptors (Lipinski definition) is 7. The molecule has 2 aliphatic rings. The van der Waals surface area contributed by atoms with E-state index in [2.05, 4.69) is 42.0 Å². The van der Waals surface area contributed by atoms with Gasteiger partial charge < -0.3 is 35.0 Å². The predicted octanol–water partition coefficient (Wildman–Crippen LogP) is 1.68. The summed E-state index contributed by atoms with van der Waals surface area (Å²) >= 11 is 0. The Balaban J connectivity index is 0.000000273. The normalized spacial score (nSPS) is 17.9. The second-order valence-corrected chi connectivity index (χ2v) is 9.19. The van der Waals surface area contributed by atoms with Gasteiger partial charge in [-0.05, 0) is 57.1 Å². The van der Waals surface area contributed by atoms with E-state index >= 15 is 0 Å². The predicted molar refractivity (Wildman–Crippen MR) is 124 cm³/mol. The molecule has 0 aromatic heterocycles. The fourth-order valence-corrected chi connectivity index (χ4v) is 4.17. The maximum absolute atomic E-state index is 10.3. The number of carbonyl (C=O) groups is 3. The Hall–Kier alpha value is -2.69. The van der Waals surface area contributed by atoms with E-state index < -0.39 is 36.4 Å². The van der Waals surface area contributed by atoms with Crippen molar-refractivity contribution in [2.45, 2.75) is 63.7 Å². The second-order valence-electron chi connectivity index (χ2n) is 9.19. The molecule has 0 aliphatic carbocycles. The van der Waals surface area contributed by atoms with E-state index in [0.29, 0.717) is 6.10 Å². The van der Waals surface area contributed by atoms with E-state index in [1.807, 2.05) is 0 Å². The van der Waals surface area contributed by atoms with Crippen LogP contribution in [-0.4, -0.2) is 93.1 Å². The highest BCUT2D eigenvalue weighted by atomic mass is 16.5. The van der Waals surface area contributed by atoms with Gasteiger partial charge in [0, 0.05) is 26.1 Å². The Bertz CT molecular complexity index is 837. The molecule has 1 saturated heterocycles. The van der Waals surface area contributed by atoms with Gasteiger partial charge in [-0.15, -0.1) is 0 Å². The van der Waals surface area contributed by atoms with Gasteiger partial charge in [-0.2, -0.15) is 0 Å². The number of aliphatic hydroxyl groups is 1. The number of carboxylic acids is 3. The monoisotopic (exact) mass is 480 g/mol. The van der Waals surface area contributed by atoms with Gasteiger partial charge in [-0.25, -0.2) is 4.79 Å². The van der Waals surface area contributed by atoms with Crippen LogP contribution in [0.3, 0.4) is 0 Å². The Labute approximate surface area is 199 Å². The minimum absolute atomic E-state index is 0.340. The van der Waals surface area contributed by atoms with Crippen LogP contribution in [-0.2, 0) is 27.3 Å². The fraction of sp³-hybridized carbons (Fsp3) is 0.625. The smallest absolute Gasteiger partial charge is 0.336 e. The number of aliphatic carboxylic acids is 3. The Morgan fingerprint density at radius 3 is 2.26 bits per heavy atom. The highest BCUT2D eigenvalue weighted by Crippen LogP contribution is 2.29. The van der Waals surface area contributed by atoms with Gasteiger partial charge in [0.1, 0.15) is 11.9 Å². The summed E-state index contributed by atoms with van der Waals surface area (Å²) in [6, 6.07) is 6.69. The van der Waals surface area contributed by atoms with Crippen LogP contribution in [0.15, 0.2) is 18.2 Å². The minimum Gasteiger partial charge on any atom is -0.490 e. The van der Waals surface area contributed by atoms with Crippen molar-refractivity contribution in [3.63, 3.8) is 0 Å². The van der Waals surface area contributed by atoms with Gasteiger partial charge in [0.25, 0.3) is 0 Å². The lowest BCUT2D eigenvalue weighted by molar-refractivity contribution is -0.170. The highest BCUT2D eigenvalue weighted by Gasteiger charge is 2.40. The third-order valence-corrected chi connectivity index (χ3v) is 5.94. The number of fused-ring (bicyclic) bond motifs is 1. The van der Waals surface area contributed by atoms with Crippen LogP contribution in [0, 0.1) is 0 Å². The number of hydrogen-bond donors (Lipinski definition) is 4. The van der Waals surface area contributed by atoms with Crippen molar-refractivity contribution in [3.8, 4) is 5.75 Å². The zero-order valence-electron chi connectivity index (χ0n) is 19.9. The van der Waals surface area contributed by atoms with Gasteiger partial charge in [-0.3, -0.25) is 9.59 Å². The quantitative estimate of drug-likeness (QED) is 0.390. The molecule has 1 fully saturated rings. The first-order valence-corrected chi connectivity index (χ1v) is 11.6. The number of carboxylic acid groups (broad SMARTS) is 3. The van der Waals surface area contributed by atoms with E-state index in [4.69, 9.17) is 25.2 Å². The number of likely N-dealkylation sites (tertiary alicyclic amines) is 1. The lowest BCUT2D eigenvalue weighted by Gasteiger charge is -2.28. The van der Waals surface area contributed by atoms with E-state index in [0.717, 1.165) is 25.3 Å². The molecular formula is C24H36N2O8.